The third kappa shape index (κ3) is 3.34. The maximum atomic E-state index is 12.1. The molecule has 0 aromatic carbocycles. The third-order valence-electron chi connectivity index (χ3n) is 2.89. The van der Waals surface area contributed by atoms with Crippen molar-refractivity contribution in [1.82, 2.24) is 19.5 Å². The van der Waals surface area contributed by atoms with Gasteiger partial charge in [-0.05, 0) is 12.1 Å². The molecule has 2 rings (SSSR count). The fourth-order valence-corrected chi connectivity index (χ4v) is 2.80. The smallest absolute Gasteiger partial charge is 0.240 e. The van der Waals surface area contributed by atoms with Crippen molar-refractivity contribution >= 4 is 15.8 Å². The van der Waals surface area contributed by atoms with Crippen LogP contribution in [0.5, 0.6) is 0 Å². The largest absolute Gasteiger partial charge is 0.373 e. The normalized spacial score (nSPS) is 11.5. The molecular formula is C12H17N5O2S. The molecule has 0 amide bonds. The zero-order valence-electron chi connectivity index (χ0n) is 11.4. The van der Waals surface area contributed by atoms with E-state index >= 15 is 0 Å². The zero-order valence-corrected chi connectivity index (χ0v) is 12.2. The van der Waals surface area contributed by atoms with Gasteiger partial charge in [0.1, 0.15) is 5.82 Å². The molecule has 0 saturated heterocycles. The second-order valence-electron chi connectivity index (χ2n) is 4.22. The SMILES string of the molecule is CNc1cc(S(=O)(=O)NCCc2ccnn2C)ccn1. The molecule has 7 nitrogen and oxygen atoms in total. The Hall–Kier alpha value is -1.93. The fraction of sp³-hybridized carbons (Fsp3) is 0.333. The van der Waals surface area contributed by atoms with Crippen LogP contribution in [0.1, 0.15) is 5.69 Å². The molecule has 2 heterocycles. The molecule has 108 valence electrons. The zero-order chi connectivity index (χ0) is 14.6. The van der Waals surface area contributed by atoms with Crippen LogP contribution in [-0.4, -0.2) is 36.8 Å². The summed E-state index contributed by atoms with van der Waals surface area (Å²) in [6.07, 6.45) is 3.73. The van der Waals surface area contributed by atoms with E-state index in [4.69, 9.17) is 0 Å². The highest BCUT2D eigenvalue weighted by molar-refractivity contribution is 7.89. The van der Waals surface area contributed by atoms with Crippen LogP contribution >= 0.6 is 0 Å². The molecule has 2 N–H and O–H groups in total. The molecule has 0 saturated carbocycles. The Morgan fingerprint density at radius 1 is 1.30 bits per heavy atom. The molecule has 2 aromatic heterocycles. The van der Waals surface area contributed by atoms with Crippen LogP contribution in [0.3, 0.4) is 0 Å². The van der Waals surface area contributed by atoms with E-state index in [-0.39, 0.29) is 4.90 Å². The summed E-state index contributed by atoms with van der Waals surface area (Å²) in [5.74, 6) is 0.513. The van der Waals surface area contributed by atoms with E-state index in [1.807, 2.05) is 13.1 Å². The monoisotopic (exact) mass is 295 g/mol. The molecule has 0 aliphatic rings. The number of aromatic nitrogens is 3. The van der Waals surface area contributed by atoms with E-state index in [0.717, 1.165) is 5.69 Å². The van der Waals surface area contributed by atoms with Gasteiger partial charge in [0.15, 0.2) is 0 Å². The Balaban J connectivity index is 2.02. The molecule has 0 bridgehead atoms. The van der Waals surface area contributed by atoms with Crippen LogP contribution in [-0.2, 0) is 23.5 Å². The van der Waals surface area contributed by atoms with Crippen LogP contribution in [0.2, 0.25) is 0 Å². The highest BCUT2D eigenvalue weighted by Gasteiger charge is 2.14. The molecule has 0 unspecified atom stereocenters. The van der Waals surface area contributed by atoms with Gasteiger partial charge in [-0.2, -0.15) is 5.10 Å². The summed E-state index contributed by atoms with van der Waals surface area (Å²) in [5, 5.41) is 6.85. The third-order valence-corrected chi connectivity index (χ3v) is 4.35. The van der Waals surface area contributed by atoms with Gasteiger partial charge in [-0.15, -0.1) is 0 Å². The Bertz CT molecular complexity index is 681. The Morgan fingerprint density at radius 2 is 2.10 bits per heavy atom. The first-order chi connectivity index (χ1) is 9.53. The topological polar surface area (TPSA) is 88.9 Å². The molecule has 8 heteroatoms. The molecule has 0 aliphatic carbocycles. The van der Waals surface area contributed by atoms with Crippen molar-refractivity contribution in [3.63, 3.8) is 0 Å². The fourth-order valence-electron chi connectivity index (χ4n) is 1.76. The standard InChI is InChI=1S/C12H17N5O2S/c1-13-12-9-11(5-6-14-12)20(18,19)16-8-4-10-3-7-15-17(10)2/h3,5-7,9,16H,4,8H2,1-2H3,(H,13,14). The second kappa shape index (κ2) is 6.02. The highest BCUT2D eigenvalue weighted by atomic mass is 32.2. The van der Waals surface area contributed by atoms with Crippen molar-refractivity contribution in [3.05, 3.63) is 36.3 Å². The van der Waals surface area contributed by atoms with Gasteiger partial charge in [-0.3, -0.25) is 4.68 Å². The average Bonchev–Trinajstić information content (AvgIpc) is 2.84. The van der Waals surface area contributed by atoms with Gasteiger partial charge in [0.25, 0.3) is 0 Å². The van der Waals surface area contributed by atoms with Gasteiger partial charge in [0.2, 0.25) is 10.0 Å². The summed E-state index contributed by atoms with van der Waals surface area (Å²) in [6.45, 7) is 0.319. The number of nitrogens with zero attached hydrogens (tertiary/aromatic N) is 3. The van der Waals surface area contributed by atoms with Crippen molar-refractivity contribution in [2.45, 2.75) is 11.3 Å². The van der Waals surface area contributed by atoms with Crippen LogP contribution < -0.4 is 10.0 Å². The quantitative estimate of drug-likeness (QED) is 0.804. The van der Waals surface area contributed by atoms with E-state index < -0.39 is 10.0 Å². The average molecular weight is 295 g/mol. The minimum atomic E-state index is -3.52. The highest BCUT2D eigenvalue weighted by Crippen LogP contribution is 2.12. The number of anilines is 1. The van der Waals surface area contributed by atoms with Gasteiger partial charge in [0, 0.05) is 51.2 Å². The number of hydrogen-bond donors (Lipinski definition) is 2. The van der Waals surface area contributed by atoms with Crippen molar-refractivity contribution in [1.29, 1.82) is 0 Å². The molecule has 2 aromatic rings. The van der Waals surface area contributed by atoms with Gasteiger partial charge in [-0.1, -0.05) is 0 Å². The molecule has 0 fully saturated rings. The van der Waals surface area contributed by atoms with Gasteiger partial charge in [0.05, 0.1) is 4.90 Å². The number of sulfonamides is 1. The van der Waals surface area contributed by atoms with Crippen LogP contribution in [0.4, 0.5) is 5.82 Å². The summed E-state index contributed by atoms with van der Waals surface area (Å²) >= 11 is 0. The number of rotatable bonds is 6. The maximum Gasteiger partial charge on any atom is 0.240 e. The van der Waals surface area contributed by atoms with Crippen LogP contribution in [0.25, 0.3) is 0 Å². The first-order valence-electron chi connectivity index (χ1n) is 6.13. The Morgan fingerprint density at radius 3 is 2.75 bits per heavy atom. The van der Waals surface area contributed by atoms with Crippen LogP contribution in [0, 0.1) is 0 Å². The van der Waals surface area contributed by atoms with E-state index in [1.165, 1.54) is 18.3 Å². The summed E-state index contributed by atoms with van der Waals surface area (Å²) in [7, 11) is -0.00427. The molecule has 0 spiro atoms. The molecule has 0 aliphatic heterocycles. The van der Waals surface area contributed by atoms with E-state index in [9.17, 15) is 8.42 Å². The summed E-state index contributed by atoms with van der Waals surface area (Å²) in [5.41, 5.74) is 0.971. The predicted molar refractivity (Wildman–Crippen MR) is 75.9 cm³/mol. The first-order valence-corrected chi connectivity index (χ1v) is 7.61. The second-order valence-corrected chi connectivity index (χ2v) is 5.99. The lowest BCUT2D eigenvalue weighted by atomic mass is 10.3. The lowest BCUT2D eigenvalue weighted by Crippen LogP contribution is -2.26. The Labute approximate surface area is 118 Å². The number of pyridine rings is 1. The first kappa shape index (κ1) is 14.5. The van der Waals surface area contributed by atoms with Gasteiger partial charge < -0.3 is 5.32 Å². The van der Waals surface area contributed by atoms with E-state index in [0.29, 0.717) is 18.8 Å². The lowest BCUT2D eigenvalue weighted by molar-refractivity contribution is 0.579. The molecule has 0 atom stereocenters. The Kier molecular flexibility index (Phi) is 4.35. The molecular weight excluding hydrogens is 278 g/mol. The molecule has 20 heavy (non-hydrogen) atoms. The summed E-state index contributed by atoms with van der Waals surface area (Å²) in [4.78, 5) is 4.19. The van der Waals surface area contributed by atoms with Crippen molar-refractivity contribution < 1.29 is 8.42 Å². The van der Waals surface area contributed by atoms with Gasteiger partial charge in [-0.25, -0.2) is 18.1 Å². The predicted octanol–water partition coefficient (Wildman–Crippen LogP) is 0.378. The minimum Gasteiger partial charge on any atom is -0.373 e. The van der Waals surface area contributed by atoms with Crippen molar-refractivity contribution in [2.75, 3.05) is 18.9 Å². The lowest BCUT2D eigenvalue weighted by Gasteiger charge is -2.08. The van der Waals surface area contributed by atoms with Gasteiger partial charge >= 0.3 is 0 Å². The van der Waals surface area contributed by atoms with Crippen molar-refractivity contribution in [3.8, 4) is 0 Å². The summed E-state index contributed by atoms with van der Waals surface area (Å²) in [6, 6.07) is 4.82. The maximum absolute atomic E-state index is 12.1. The number of hydrogen-bond acceptors (Lipinski definition) is 5. The minimum absolute atomic E-state index is 0.196. The van der Waals surface area contributed by atoms with Crippen LogP contribution in [0.15, 0.2) is 35.5 Å². The molecule has 0 radical (unpaired) electrons. The number of aryl methyl sites for hydroxylation is 1. The number of nitrogens with one attached hydrogen (secondary N) is 2. The van der Waals surface area contributed by atoms with Crippen molar-refractivity contribution in [2.24, 2.45) is 7.05 Å². The van der Waals surface area contributed by atoms with E-state index in [1.54, 1.807) is 17.9 Å². The summed E-state index contributed by atoms with van der Waals surface area (Å²) < 4.78 is 28.5. The van der Waals surface area contributed by atoms with E-state index in [2.05, 4.69) is 20.1 Å².